The first kappa shape index (κ1) is 12.2. The minimum absolute atomic E-state index is 0.137. The fourth-order valence-corrected chi connectivity index (χ4v) is 1.78. The highest BCUT2D eigenvalue weighted by molar-refractivity contribution is 5.91. The first-order valence-electron chi connectivity index (χ1n) is 6.11. The van der Waals surface area contributed by atoms with Gasteiger partial charge in [0.1, 0.15) is 11.0 Å². The molecule has 0 saturated heterocycles. The molecule has 3 aromatic rings. The normalized spacial score (nSPS) is 10.4. The van der Waals surface area contributed by atoms with E-state index in [1.54, 1.807) is 0 Å². The summed E-state index contributed by atoms with van der Waals surface area (Å²) in [6.07, 6.45) is 0. The van der Waals surface area contributed by atoms with Gasteiger partial charge in [-0.05, 0) is 29.5 Å². The maximum absolute atomic E-state index is 11.7. The van der Waals surface area contributed by atoms with Gasteiger partial charge in [-0.25, -0.2) is 0 Å². The van der Waals surface area contributed by atoms with Crippen LogP contribution in [0.3, 0.4) is 0 Å². The Labute approximate surface area is 114 Å². The molecule has 0 aliphatic carbocycles. The maximum Gasteiger partial charge on any atom is 0.265 e. The number of hydrogen-bond acceptors (Lipinski definition) is 4. The average molecular weight is 268 g/mol. The van der Waals surface area contributed by atoms with E-state index in [4.69, 9.17) is 4.84 Å². The Morgan fingerprint density at radius 2 is 1.85 bits per heavy atom. The molecule has 2 aromatic carbocycles. The molecule has 0 bridgehead atoms. The predicted octanol–water partition coefficient (Wildman–Crippen LogP) is 1.50. The summed E-state index contributed by atoms with van der Waals surface area (Å²) in [5, 5.41) is 10.5. The van der Waals surface area contributed by atoms with Crippen LogP contribution in [0.5, 0.6) is 0 Å². The van der Waals surface area contributed by atoms with Crippen LogP contribution in [0.25, 0.3) is 11.0 Å². The number of amides is 1. The minimum atomic E-state index is -0.254. The highest BCUT2D eigenvalue weighted by atomic mass is 16.7. The van der Waals surface area contributed by atoms with Gasteiger partial charge in [0.25, 0.3) is 5.91 Å². The molecule has 20 heavy (non-hydrogen) atoms. The van der Waals surface area contributed by atoms with E-state index >= 15 is 0 Å². The molecule has 6 nitrogen and oxygen atoms in total. The van der Waals surface area contributed by atoms with E-state index in [0.717, 1.165) is 16.7 Å². The summed E-state index contributed by atoms with van der Waals surface area (Å²) < 4.78 is 0. The molecule has 0 fully saturated rings. The summed E-state index contributed by atoms with van der Waals surface area (Å²) in [6.45, 7) is -0.137. The summed E-state index contributed by atoms with van der Waals surface area (Å²) in [7, 11) is 0. The molecule has 0 radical (unpaired) electrons. The quantitative estimate of drug-likeness (QED) is 0.778. The van der Waals surface area contributed by atoms with Gasteiger partial charge >= 0.3 is 0 Å². The van der Waals surface area contributed by atoms with Gasteiger partial charge in [-0.2, -0.15) is 0 Å². The topological polar surface area (TPSA) is 69.0 Å². The molecule has 0 unspecified atom stereocenters. The highest BCUT2D eigenvalue weighted by Gasteiger charge is 2.07. The number of para-hydroxylation sites is 2. The number of carbonyl (C=O) groups excluding carboxylic acids is 1. The van der Waals surface area contributed by atoms with Crippen molar-refractivity contribution in [2.24, 2.45) is 0 Å². The number of fused-ring (bicyclic) bond motifs is 1. The molecular weight excluding hydrogens is 256 g/mol. The first-order valence-corrected chi connectivity index (χ1v) is 6.11. The number of hydrogen-bond donors (Lipinski definition) is 1. The second-order valence-electron chi connectivity index (χ2n) is 4.14. The van der Waals surface area contributed by atoms with Crippen LogP contribution in [0, 0.1) is 0 Å². The molecule has 0 atom stereocenters. The number of aromatic nitrogens is 3. The molecule has 1 amide bonds. The van der Waals surface area contributed by atoms with Gasteiger partial charge in [-0.1, -0.05) is 35.2 Å². The first-order chi connectivity index (χ1) is 9.83. The van der Waals surface area contributed by atoms with E-state index in [2.05, 4.69) is 15.6 Å². The van der Waals surface area contributed by atoms with Crippen LogP contribution in [-0.4, -0.2) is 27.7 Å². The van der Waals surface area contributed by atoms with Crippen LogP contribution in [0.1, 0.15) is 0 Å². The summed E-state index contributed by atoms with van der Waals surface area (Å²) in [5.74, 6) is -0.254. The zero-order valence-electron chi connectivity index (χ0n) is 10.6. The maximum atomic E-state index is 11.7. The van der Waals surface area contributed by atoms with Crippen LogP contribution in [0.2, 0.25) is 0 Å². The summed E-state index contributed by atoms with van der Waals surface area (Å²) in [5.41, 5.74) is 2.17. The van der Waals surface area contributed by atoms with Crippen molar-refractivity contribution in [1.82, 2.24) is 15.2 Å². The van der Waals surface area contributed by atoms with E-state index in [-0.39, 0.29) is 12.5 Å². The monoisotopic (exact) mass is 268 g/mol. The van der Waals surface area contributed by atoms with Gasteiger partial charge in [0, 0.05) is 5.69 Å². The Balaban J connectivity index is 1.63. The standard InChI is InChI=1S/C14H12N4O2/c19-14(15-11-6-2-1-3-7-11)10-20-18-13-9-5-4-8-12(13)16-17-18/h1-9H,10H2,(H,15,19). The van der Waals surface area contributed by atoms with Crippen LogP contribution in [-0.2, 0) is 4.79 Å². The van der Waals surface area contributed by atoms with Crippen LogP contribution < -0.4 is 10.2 Å². The van der Waals surface area contributed by atoms with Gasteiger partial charge in [0.2, 0.25) is 0 Å². The van der Waals surface area contributed by atoms with Crippen LogP contribution in [0.15, 0.2) is 54.6 Å². The number of anilines is 1. The van der Waals surface area contributed by atoms with Gasteiger partial charge in [0.05, 0.1) is 0 Å². The summed E-state index contributed by atoms with van der Waals surface area (Å²) in [6, 6.07) is 16.6. The minimum Gasteiger partial charge on any atom is -0.385 e. The lowest BCUT2D eigenvalue weighted by molar-refractivity contribution is -0.121. The van der Waals surface area contributed by atoms with Gasteiger partial charge in [-0.15, -0.1) is 5.10 Å². The molecule has 1 N–H and O–H groups in total. The van der Waals surface area contributed by atoms with E-state index in [0.29, 0.717) is 0 Å². The summed E-state index contributed by atoms with van der Waals surface area (Å²) in [4.78, 5) is 18.3. The molecule has 0 aliphatic heterocycles. The third-order valence-electron chi connectivity index (χ3n) is 2.70. The number of rotatable bonds is 4. The van der Waals surface area contributed by atoms with E-state index < -0.39 is 0 Å². The Morgan fingerprint density at radius 3 is 2.70 bits per heavy atom. The van der Waals surface area contributed by atoms with Crippen molar-refractivity contribution < 1.29 is 9.63 Å². The van der Waals surface area contributed by atoms with Crippen molar-refractivity contribution in [2.75, 3.05) is 11.9 Å². The zero-order valence-corrected chi connectivity index (χ0v) is 10.6. The van der Waals surface area contributed by atoms with Gasteiger partial charge in [0.15, 0.2) is 6.61 Å². The molecule has 0 aliphatic rings. The zero-order chi connectivity index (χ0) is 13.8. The molecule has 1 aromatic heterocycles. The fourth-order valence-electron chi connectivity index (χ4n) is 1.78. The van der Waals surface area contributed by atoms with Crippen molar-refractivity contribution in [1.29, 1.82) is 0 Å². The number of nitrogens with one attached hydrogen (secondary N) is 1. The SMILES string of the molecule is O=C(COn1nnc2ccccc21)Nc1ccccc1. The number of benzene rings is 2. The lowest BCUT2D eigenvalue weighted by atomic mass is 10.3. The van der Waals surface area contributed by atoms with E-state index in [1.165, 1.54) is 4.85 Å². The Hall–Kier alpha value is -2.89. The van der Waals surface area contributed by atoms with Crippen molar-refractivity contribution in [3.8, 4) is 0 Å². The Bertz CT molecular complexity index is 724. The molecule has 1 heterocycles. The molecule has 100 valence electrons. The third kappa shape index (κ3) is 2.59. The molecule has 0 spiro atoms. The largest absolute Gasteiger partial charge is 0.385 e. The van der Waals surface area contributed by atoms with Crippen LogP contribution >= 0.6 is 0 Å². The van der Waals surface area contributed by atoms with E-state index in [9.17, 15) is 4.79 Å². The van der Waals surface area contributed by atoms with Crippen molar-refractivity contribution >= 4 is 22.6 Å². The summed E-state index contributed by atoms with van der Waals surface area (Å²) >= 11 is 0. The molecule has 0 saturated carbocycles. The Kier molecular flexibility index (Phi) is 3.28. The lowest BCUT2D eigenvalue weighted by Gasteiger charge is -2.06. The molecular formula is C14H12N4O2. The van der Waals surface area contributed by atoms with Crippen LogP contribution in [0.4, 0.5) is 5.69 Å². The van der Waals surface area contributed by atoms with E-state index in [1.807, 2.05) is 54.6 Å². The molecule has 3 rings (SSSR count). The smallest absolute Gasteiger partial charge is 0.265 e. The fraction of sp³-hybridized carbons (Fsp3) is 0.0714. The number of nitrogens with zero attached hydrogens (tertiary/aromatic N) is 3. The van der Waals surface area contributed by atoms with Gasteiger partial charge < -0.3 is 10.2 Å². The lowest BCUT2D eigenvalue weighted by Crippen LogP contribution is -2.26. The van der Waals surface area contributed by atoms with Gasteiger partial charge in [-0.3, -0.25) is 4.79 Å². The van der Waals surface area contributed by atoms with Crippen molar-refractivity contribution in [3.63, 3.8) is 0 Å². The second-order valence-corrected chi connectivity index (χ2v) is 4.14. The van der Waals surface area contributed by atoms with Crippen molar-refractivity contribution in [2.45, 2.75) is 0 Å². The number of carbonyl (C=O) groups is 1. The van der Waals surface area contributed by atoms with Crippen molar-refractivity contribution in [3.05, 3.63) is 54.6 Å². The second kappa shape index (κ2) is 5.40. The molecule has 6 heteroatoms. The third-order valence-corrected chi connectivity index (χ3v) is 2.70. The Morgan fingerprint density at radius 1 is 1.10 bits per heavy atom. The predicted molar refractivity (Wildman–Crippen MR) is 74.0 cm³/mol. The average Bonchev–Trinajstić information content (AvgIpc) is 2.89. The highest BCUT2D eigenvalue weighted by Crippen LogP contribution is 2.08.